The van der Waals surface area contributed by atoms with Crippen molar-refractivity contribution in [3.05, 3.63) is 23.8 Å². The maximum absolute atomic E-state index is 9.18. The van der Waals surface area contributed by atoms with Gasteiger partial charge in [0.2, 0.25) is 6.79 Å². The average molecular weight is 235 g/mol. The summed E-state index contributed by atoms with van der Waals surface area (Å²) in [6, 6.07) is 6.02. The van der Waals surface area contributed by atoms with Gasteiger partial charge < -0.3 is 19.9 Å². The Morgan fingerprint density at radius 2 is 2.06 bits per heavy atom. The Balaban J connectivity index is 1.48. The number of aliphatic hydroxyl groups is 1. The van der Waals surface area contributed by atoms with E-state index in [1.54, 1.807) is 0 Å². The molecule has 0 atom stereocenters. The standard InChI is InChI=1S/C13H17NO3/c15-11-3-10(4-11)7-14-6-9-1-2-12-13(5-9)17-8-16-12/h1-2,5,10-11,14-15H,3-4,6-8H2. The van der Waals surface area contributed by atoms with Crippen LogP contribution in [0.25, 0.3) is 0 Å². The molecule has 0 unspecified atom stereocenters. The number of rotatable bonds is 4. The van der Waals surface area contributed by atoms with Crippen LogP contribution in [-0.4, -0.2) is 24.5 Å². The third-order valence-corrected chi connectivity index (χ3v) is 3.41. The molecule has 0 radical (unpaired) electrons. The molecule has 1 aliphatic carbocycles. The largest absolute Gasteiger partial charge is 0.454 e. The Morgan fingerprint density at radius 3 is 2.88 bits per heavy atom. The highest BCUT2D eigenvalue weighted by atomic mass is 16.7. The van der Waals surface area contributed by atoms with E-state index in [9.17, 15) is 5.11 Å². The second-order valence-corrected chi connectivity index (χ2v) is 4.81. The summed E-state index contributed by atoms with van der Waals surface area (Å²) in [6.45, 7) is 2.14. The molecule has 0 aromatic heterocycles. The molecule has 4 heteroatoms. The summed E-state index contributed by atoms with van der Waals surface area (Å²) in [5, 5.41) is 12.6. The van der Waals surface area contributed by atoms with Gasteiger partial charge in [0.1, 0.15) is 0 Å². The molecule has 1 fully saturated rings. The molecular weight excluding hydrogens is 218 g/mol. The first-order valence-corrected chi connectivity index (χ1v) is 6.08. The number of aliphatic hydroxyl groups excluding tert-OH is 1. The van der Waals surface area contributed by atoms with Gasteiger partial charge in [-0.2, -0.15) is 0 Å². The van der Waals surface area contributed by atoms with Gasteiger partial charge in [-0.1, -0.05) is 6.07 Å². The minimum atomic E-state index is -0.0626. The van der Waals surface area contributed by atoms with Crippen LogP contribution in [0, 0.1) is 5.92 Å². The molecule has 1 heterocycles. The zero-order valence-electron chi connectivity index (χ0n) is 9.69. The van der Waals surface area contributed by atoms with E-state index in [2.05, 4.69) is 11.4 Å². The highest BCUT2D eigenvalue weighted by molar-refractivity contribution is 5.44. The second-order valence-electron chi connectivity index (χ2n) is 4.81. The minimum Gasteiger partial charge on any atom is -0.454 e. The van der Waals surface area contributed by atoms with Crippen LogP contribution >= 0.6 is 0 Å². The topological polar surface area (TPSA) is 50.7 Å². The van der Waals surface area contributed by atoms with Gasteiger partial charge in [0, 0.05) is 6.54 Å². The quantitative estimate of drug-likeness (QED) is 0.825. The molecule has 2 N–H and O–H groups in total. The van der Waals surface area contributed by atoms with E-state index in [0.717, 1.165) is 37.4 Å². The van der Waals surface area contributed by atoms with Crippen molar-refractivity contribution in [3.63, 3.8) is 0 Å². The molecule has 1 aromatic rings. The summed E-state index contributed by atoms with van der Waals surface area (Å²) in [5.74, 6) is 2.30. The van der Waals surface area contributed by atoms with Crippen LogP contribution < -0.4 is 14.8 Å². The van der Waals surface area contributed by atoms with Crippen LogP contribution in [0.3, 0.4) is 0 Å². The summed E-state index contributed by atoms with van der Waals surface area (Å²) >= 11 is 0. The van der Waals surface area contributed by atoms with Gasteiger partial charge in [-0.3, -0.25) is 0 Å². The van der Waals surface area contributed by atoms with Gasteiger partial charge in [-0.15, -0.1) is 0 Å². The van der Waals surface area contributed by atoms with Crippen molar-refractivity contribution in [2.75, 3.05) is 13.3 Å². The zero-order valence-corrected chi connectivity index (χ0v) is 9.69. The number of benzene rings is 1. The highest BCUT2D eigenvalue weighted by Crippen LogP contribution is 2.32. The Morgan fingerprint density at radius 1 is 1.24 bits per heavy atom. The predicted octanol–water partition coefficient (Wildman–Crippen LogP) is 1.28. The van der Waals surface area contributed by atoms with E-state index < -0.39 is 0 Å². The van der Waals surface area contributed by atoms with Gasteiger partial charge in [0.25, 0.3) is 0 Å². The molecule has 92 valence electrons. The van der Waals surface area contributed by atoms with Gasteiger partial charge in [0.15, 0.2) is 11.5 Å². The fourth-order valence-corrected chi connectivity index (χ4v) is 2.34. The first-order chi connectivity index (χ1) is 8.31. The SMILES string of the molecule is OC1CC(CNCc2ccc3c(c2)OCO3)C1. The van der Waals surface area contributed by atoms with Crippen LogP contribution in [0.15, 0.2) is 18.2 Å². The Hall–Kier alpha value is -1.26. The van der Waals surface area contributed by atoms with Crippen molar-refractivity contribution in [2.45, 2.75) is 25.5 Å². The Bertz CT molecular complexity index is 402. The fourth-order valence-electron chi connectivity index (χ4n) is 2.34. The Labute approximate surface area is 101 Å². The summed E-state index contributed by atoms with van der Waals surface area (Å²) in [4.78, 5) is 0. The molecule has 1 aromatic carbocycles. The monoisotopic (exact) mass is 235 g/mol. The third-order valence-electron chi connectivity index (χ3n) is 3.41. The number of hydrogen-bond acceptors (Lipinski definition) is 4. The van der Waals surface area contributed by atoms with E-state index in [1.807, 2.05) is 12.1 Å². The van der Waals surface area contributed by atoms with Crippen molar-refractivity contribution in [1.29, 1.82) is 0 Å². The smallest absolute Gasteiger partial charge is 0.231 e. The maximum atomic E-state index is 9.18. The summed E-state index contributed by atoms with van der Waals surface area (Å²) < 4.78 is 10.6. The number of ether oxygens (including phenoxy) is 2. The van der Waals surface area contributed by atoms with Gasteiger partial charge in [-0.25, -0.2) is 0 Å². The van der Waals surface area contributed by atoms with Crippen molar-refractivity contribution < 1.29 is 14.6 Å². The fraction of sp³-hybridized carbons (Fsp3) is 0.538. The lowest BCUT2D eigenvalue weighted by Gasteiger charge is -2.31. The second kappa shape index (κ2) is 4.55. The van der Waals surface area contributed by atoms with Crippen LogP contribution in [0.2, 0.25) is 0 Å². The van der Waals surface area contributed by atoms with Crippen molar-refractivity contribution >= 4 is 0 Å². The molecule has 0 spiro atoms. The van der Waals surface area contributed by atoms with E-state index in [1.165, 1.54) is 5.56 Å². The molecular formula is C13H17NO3. The molecule has 0 bridgehead atoms. The zero-order chi connectivity index (χ0) is 11.7. The maximum Gasteiger partial charge on any atom is 0.231 e. The first kappa shape index (κ1) is 10.9. The van der Waals surface area contributed by atoms with E-state index in [0.29, 0.717) is 12.7 Å². The molecule has 4 nitrogen and oxygen atoms in total. The molecule has 2 aliphatic rings. The molecule has 3 rings (SSSR count). The molecule has 1 aliphatic heterocycles. The van der Waals surface area contributed by atoms with Gasteiger partial charge >= 0.3 is 0 Å². The summed E-state index contributed by atoms with van der Waals surface area (Å²) in [7, 11) is 0. The first-order valence-electron chi connectivity index (χ1n) is 6.08. The van der Waals surface area contributed by atoms with Crippen molar-refractivity contribution in [3.8, 4) is 11.5 Å². The molecule has 0 saturated heterocycles. The third kappa shape index (κ3) is 2.37. The van der Waals surface area contributed by atoms with Gasteiger partial charge in [0.05, 0.1) is 6.10 Å². The number of hydrogen-bond donors (Lipinski definition) is 2. The van der Waals surface area contributed by atoms with Gasteiger partial charge in [-0.05, 0) is 43.0 Å². The highest BCUT2D eigenvalue weighted by Gasteiger charge is 2.26. The van der Waals surface area contributed by atoms with Crippen LogP contribution in [0.5, 0.6) is 11.5 Å². The van der Waals surface area contributed by atoms with E-state index in [-0.39, 0.29) is 6.10 Å². The van der Waals surface area contributed by atoms with Crippen LogP contribution in [0.1, 0.15) is 18.4 Å². The normalized spacial score (nSPS) is 25.7. The lowest BCUT2D eigenvalue weighted by atomic mass is 9.82. The summed E-state index contributed by atoms with van der Waals surface area (Å²) in [6.07, 6.45) is 1.81. The lowest BCUT2D eigenvalue weighted by Crippen LogP contribution is -2.35. The van der Waals surface area contributed by atoms with Crippen LogP contribution in [-0.2, 0) is 6.54 Å². The van der Waals surface area contributed by atoms with E-state index in [4.69, 9.17) is 9.47 Å². The predicted molar refractivity (Wildman–Crippen MR) is 63.0 cm³/mol. The molecule has 17 heavy (non-hydrogen) atoms. The Kier molecular flexibility index (Phi) is 2.91. The molecule has 0 amide bonds. The lowest BCUT2D eigenvalue weighted by molar-refractivity contribution is 0.0430. The number of nitrogens with one attached hydrogen (secondary N) is 1. The van der Waals surface area contributed by atoms with E-state index >= 15 is 0 Å². The van der Waals surface area contributed by atoms with Crippen LogP contribution in [0.4, 0.5) is 0 Å². The van der Waals surface area contributed by atoms with Crippen molar-refractivity contribution in [2.24, 2.45) is 5.92 Å². The number of fused-ring (bicyclic) bond motifs is 1. The van der Waals surface area contributed by atoms with Crippen molar-refractivity contribution in [1.82, 2.24) is 5.32 Å². The summed E-state index contributed by atoms with van der Waals surface area (Å²) in [5.41, 5.74) is 1.20. The molecule has 1 saturated carbocycles. The minimum absolute atomic E-state index is 0.0626. The average Bonchev–Trinajstić information content (AvgIpc) is 2.73.